The van der Waals surface area contributed by atoms with Gasteiger partial charge in [-0.05, 0) is 55.9 Å². The largest absolute Gasteiger partial charge is 0.295 e. The zero-order valence-electron chi connectivity index (χ0n) is 13.8. The van der Waals surface area contributed by atoms with E-state index in [1.807, 2.05) is 14.0 Å². The van der Waals surface area contributed by atoms with Crippen molar-refractivity contribution in [1.29, 1.82) is 0 Å². The maximum absolute atomic E-state index is 11.8. The second-order valence-electron chi connectivity index (χ2n) is 6.42. The maximum atomic E-state index is 11.8. The van der Waals surface area contributed by atoms with Crippen molar-refractivity contribution in [3.8, 4) is 0 Å². The summed E-state index contributed by atoms with van der Waals surface area (Å²) in [7, 11) is 1.88. The molecule has 2 rings (SSSR count). The predicted molar refractivity (Wildman–Crippen MR) is 89.6 cm³/mol. The second-order valence-corrected chi connectivity index (χ2v) is 6.42. The summed E-state index contributed by atoms with van der Waals surface area (Å²) in [6.07, 6.45) is 7.79. The number of ketones is 1. The van der Waals surface area contributed by atoms with Crippen LogP contribution in [0.15, 0.2) is 17.1 Å². The molecule has 21 heavy (non-hydrogen) atoms. The van der Waals surface area contributed by atoms with Gasteiger partial charge in [0.1, 0.15) is 0 Å². The van der Waals surface area contributed by atoms with Gasteiger partial charge in [0.05, 0.1) is 0 Å². The third-order valence-electron chi connectivity index (χ3n) is 4.74. The molecule has 1 aromatic carbocycles. The van der Waals surface area contributed by atoms with Crippen molar-refractivity contribution in [2.24, 2.45) is 10.9 Å². The molecule has 0 atom stereocenters. The number of benzene rings is 1. The lowest BCUT2D eigenvalue weighted by Crippen LogP contribution is -2.15. The fraction of sp³-hybridized carbons (Fsp3) is 0.579. The van der Waals surface area contributed by atoms with Crippen molar-refractivity contribution < 1.29 is 4.79 Å². The summed E-state index contributed by atoms with van der Waals surface area (Å²) in [5, 5.41) is 0. The van der Waals surface area contributed by atoms with E-state index >= 15 is 0 Å². The van der Waals surface area contributed by atoms with Gasteiger partial charge in [0.15, 0.2) is 5.78 Å². The summed E-state index contributed by atoms with van der Waals surface area (Å²) in [6, 6.07) is 4.18. The van der Waals surface area contributed by atoms with Gasteiger partial charge in [-0.3, -0.25) is 9.79 Å². The molecule has 0 saturated heterocycles. The third kappa shape index (κ3) is 3.81. The van der Waals surface area contributed by atoms with Crippen LogP contribution in [0.25, 0.3) is 0 Å². The number of hydrogen-bond donors (Lipinski definition) is 0. The molecule has 0 radical (unpaired) electrons. The lowest BCUT2D eigenvalue weighted by Gasteiger charge is -2.23. The summed E-state index contributed by atoms with van der Waals surface area (Å²) in [4.78, 5) is 16.3. The van der Waals surface area contributed by atoms with Crippen LogP contribution in [0.5, 0.6) is 0 Å². The number of rotatable bonds is 4. The average Bonchev–Trinajstić information content (AvgIpc) is 2.46. The van der Waals surface area contributed by atoms with E-state index in [0.29, 0.717) is 0 Å². The highest BCUT2D eigenvalue weighted by Gasteiger charge is 2.18. The molecule has 0 amide bonds. The van der Waals surface area contributed by atoms with Crippen LogP contribution in [0.1, 0.15) is 72.5 Å². The van der Waals surface area contributed by atoms with Crippen LogP contribution in [0.3, 0.4) is 0 Å². The van der Waals surface area contributed by atoms with Crippen LogP contribution in [0.2, 0.25) is 0 Å². The van der Waals surface area contributed by atoms with E-state index in [2.05, 4.69) is 24.0 Å². The topological polar surface area (TPSA) is 29.4 Å². The summed E-state index contributed by atoms with van der Waals surface area (Å²) in [6.45, 7) is 5.78. The molecule has 114 valence electrons. The summed E-state index contributed by atoms with van der Waals surface area (Å²) < 4.78 is 0. The summed E-state index contributed by atoms with van der Waals surface area (Å²) in [5.41, 5.74) is 5.46. The predicted octanol–water partition coefficient (Wildman–Crippen LogP) is 4.90. The number of Topliss-reactive ketones (excluding diaryl/α,β-unsaturated/α-hetero) is 1. The molecule has 1 fully saturated rings. The van der Waals surface area contributed by atoms with Gasteiger partial charge >= 0.3 is 0 Å². The van der Waals surface area contributed by atoms with Crippen LogP contribution in [0, 0.1) is 19.8 Å². The van der Waals surface area contributed by atoms with Crippen LogP contribution < -0.4 is 0 Å². The van der Waals surface area contributed by atoms with E-state index in [9.17, 15) is 4.79 Å². The molecule has 2 nitrogen and oxygen atoms in total. The van der Waals surface area contributed by atoms with Gasteiger partial charge in [-0.2, -0.15) is 0 Å². The van der Waals surface area contributed by atoms with E-state index in [-0.39, 0.29) is 5.78 Å². The minimum absolute atomic E-state index is 0.141. The Labute approximate surface area is 128 Å². The average molecular weight is 285 g/mol. The number of carbonyl (C=O) groups excluding carboxylic acids is 1. The van der Waals surface area contributed by atoms with Crippen molar-refractivity contribution in [1.82, 2.24) is 0 Å². The SMILES string of the molecule is CN=C(CC1CCCCC1)c1cc(C(C)=O)c(C)cc1C. The number of aryl methyl sites for hydroxylation is 2. The van der Waals surface area contributed by atoms with Crippen LogP contribution in [0.4, 0.5) is 0 Å². The highest BCUT2D eigenvalue weighted by atomic mass is 16.1. The zero-order chi connectivity index (χ0) is 15.4. The van der Waals surface area contributed by atoms with Gasteiger partial charge in [-0.15, -0.1) is 0 Å². The van der Waals surface area contributed by atoms with E-state index in [0.717, 1.165) is 23.5 Å². The Bertz CT molecular complexity index is 551. The molecule has 0 aromatic heterocycles. The van der Waals surface area contributed by atoms with Gasteiger partial charge in [-0.1, -0.05) is 38.2 Å². The Morgan fingerprint density at radius 1 is 1.10 bits per heavy atom. The van der Waals surface area contributed by atoms with Crippen molar-refractivity contribution in [3.63, 3.8) is 0 Å². The first-order chi connectivity index (χ1) is 10.0. The third-order valence-corrected chi connectivity index (χ3v) is 4.74. The van der Waals surface area contributed by atoms with E-state index < -0.39 is 0 Å². The van der Waals surface area contributed by atoms with Crippen LogP contribution >= 0.6 is 0 Å². The first kappa shape index (κ1) is 15.9. The van der Waals surface area contributed by atoms with Crippen molar-refractivity contribution in [3.05, 3.63) is 34.4 Å². The van der Waals surface area contributed by atoms with E-state index in [1.165, 1.54) is 48.9 Å². The van der Waals surface area contributed by atoms with E-state index in [4.69, 9.17) is 0 Å². The highest BCUT2D eigenvalue weighted by Crippen LogP contribution is 2.29. The minimum atomic E-state index is 0.141. The number of carbonyl (C=O) groups is 1. The fourth-order valence-corrected chi connectivity index (χ4v) is 3.53. The molecule has 0 bridgehead atoms. The quantitative estimate of drug-likeness (QED) is 0.571. The smallest absolute Gasteiger partial charge is 0.160 e. The normalized spacial score (nSPS) is 17.0. The van der Waals surface area contributed by atoms with Crippen molar-refractivity contribution in [2.75, 3.05) is 7.05 Å². The van der Waals surface area contributed by atoms with Gasteiger partial charge in [0, 0.05) is 18.3 Å². The summed E-state index contributed by atoms with van der Waals surface area (Å²) >= 11 is 0. The van der Waals surface area contributed by atoms with Gasteiger partial charge in [0.25, 0.3) is 0 Å². The molecular formula is C19H27NO. The second kappa shape index (κ2) is 7.02. The highest BCUT2D eigenvalue weighted by molar-refractivity contribution is 6.05. The van der Waals surface area contributed by atoms with Gasteiger partial charge in [0.2, 0.25) is 0 Å². The Morgan fingerprint density at radius 2 is 1.71 bits per heavy atom. The Kier molecular flexibility index (Phi) is 5.33. The van der Waals surface area contributed by atoms with E-state index in [1.54, 1.807) is 6.92 Å². The number of aliphatic imine (C=N–C) groups is 1. The monoisotopic (exact) mass is 285 g/mol. The molecule has 1 aliphatic rings. The van der Waals surface area contributed by atoms with Crippen LogP contribution in [-0.2, 0) is 0 Å². The molecule has 1 aliphatic carbocycles. The van der Waals surface area contributed by atoms with Crippen molar-refractivity contribution >= 4 is 11.5 Å². The molecular weight excluding hydrogens is 258 g/mol. The molecule has 1 aromatic rings. The fourth-order valence-electron chi connectivity index (χ4n) is 3.53. The van der Waals surface area contributed by atoms with Gasteiger partial charge in [-0.25, -0.2) is 0 Å². The molecule has 1 saturated carbocycles. The van der Waals surface area contributed by atoms with Gasteiger partial charge < -0.3 is 0 Å². The minimum Gasteiger partial charge on any atom is -0.295 e. The molecule has 0 aliphatic heterocycles. The molecule has 2 heteroatoms. The number of nitrogens with zero attached hydrogens (tertiary/aromatic N) is 1. The molecule has 0 N–H and O–H groups in total. The Balaban J connectivity index is 2.29. The maximum Gasteiger partial charge on any atom is 0.160 e. The standard InChI is InChI=1S/C19H27NO/c1-13-10-14(2)18(12-17(13)15(3)21)19(20-4)11-16-8-6-5-7-9-16/h10,12,16H,5-9,11H2,1-4H3. The lowest BCUT2D eigenvalue weighted by molar-refractivity contribution is 0.101. The first-order valence-corrected chi connectivity index (χ1v) is 8.11. The molecule has 0 heterocycles. The zero-order valence-corrected chi connectivity index (χ0v) is 13.8. The summed E-state index contributed by atoms with van der Waals surface area (Å²) in [5.74, 6) is 0.904. The molecule has 0 spiro atoms. The lowest BCUT2D eigenvalue weighted by atomic mass is 9.83. The number of hydrogen-bond acceptors (Lipinski definition) is 2. The molecule has 0 unspecified atom stereocenters. The van der Waals surface area contributed by atoms with Crippen LogP contribution in [-0.4, -0.2) is 18.5 Å². The Hall–Kier alpha value is -1.44. The van der Waals surface area contributed by atoms with Crippen molar-refractivity contribution in [2.45, 2.75) is 59.3 Å². The first-order valence-electron chi connectivity index (χ1n) is 8.11. The Morgan fingerprint density at radius 3 is 2.29 bits per heavy atom.